The number of thiol groups is 1. The molecule has 0 aliphatic carbocycles. The van der Waals surface area contributed by atoms with Crippen molar-refractivity contribution >= 4 is 24.4 Å². The highest BCUT2D eigenvalue weighted by Crippen LogP contribution is 2.40. The molecule has 5 nitrogen and oxygen atoms in total. The van der Waals surface area contributed by atoms with Gasteiger partial charge < -0.3 is 5.32 Å². The topological polar surface area (TPSA) is 61.4 Å². The molecule has 2 saturated heterocycles. The number of amides is 2. The van der Waals surface area contributed by atoms with Crippen LogP contribution in [0.3, 0.4) is 0 Å². The normalized spacial score (nSPS) is 28.7. The highest BCUT2D eigenvalue weighted by Gasteiger charge is 2.39. The lowest BCUT2D eigenvalue weighted by Gasteiger charge is -2.32. The quantitative estimate of drug-likeness (QED) is 0.564. The Kier molecular flexibility index (Phi) is 4.37. The first kappa shape index (κ1) is 16.1. The van der Waals surface area contributed by atoms with Gasteiger partial charge in [-0.25, -0.2) is 0 Å². The number of nitrogens with one attached hydrogen (secondary N) is 2. The van der Waals surface area contributed by atoms with Crippen LogP contribution in [-0.4, -0.2) is 35.8 Å². The summed E-state index contributed by atoms with van der Waals surface area (Å²) in [6.45, 7) is 2.90. The summed E-state index contributed by atoms with van der Waals surface area (Å²) in [4.78, 5) is 25.7. The number of piperidine rings is 2. The molecular weight excluding hydrogens is 322 g/mol. The first-order chi connectivity index (χ1) is 11.6. The molecule has 2 amide bonds. The van der Waals surface area contributed by atoms with Crippen LogP contribution in [0, 0.1) is 0 Å². The van der Waals surface area contributed by atoms with Crippen molar-refractivity contribution in [2.45, 2.75) is 49.6 Å². The summed E-state index contributed by atoms with van der Waals surface area (Å²) in [5, 5.41) is 5.79. The fourth-order valence-corrected chi connectivity index (χ4v) is 4.66. The largest absolute Gasteiger partial charge is 0.317 e. The van der Waals surface area contributed by atoms with Gasteiger partial charge in [-0.2, -0.15) is 12.6 Å². The maximum Gasteiger partial charge on any atom is 0.243 e. The van der Waals surface area contributed by atoms with Gasteiger partial charge in [-0.3, -0.25) is 19.8 Å². The Morgan fingerprint density at radius 1 is 1.12 bits per heavy atom. The predicted octanol–water partition coefficient (Wildman–Crippen LogP) is 1.70. The van der Waals surface area contributed by atoms with E-state index in [0.717, 1.165) is 19.6 Å². The van der Waals surface area contributed by atoms with Crippen molar-refractivity contribution in [3.8, 4) is 0 Å². The molecule has 2 N–H and O–H groups in total. The molecule has 4 rings (SSSR count). The van der Waals surface area contributed by atoms with E-state index in [4.69, 9.17) is 12.6 Å². The van der Waals surface area contributed by atoms with E-state index in [9.17, 15) is 9.59 Å². The summed E-state index contributed by atoms with van der Waals surface area (Å²) in [5.74, 6) is 0.271. The van der Waals surface area contributed by atoms with Gasteiger partial charge in [0.25, 0.3) is 0 Å². The Balaban J connectivity index is 1.54. The number of benzene rings is 1. The van der Waals surface area contributed by atoms with Crippen LogP contribution >= 0.6 is 12.6 Å². The fraction of sp³-hybridized carbons (Fsp3) is 0.556. The van der Waals surface area contributed by atoms with Crippen LogP contribution in [0.1, 0.15) is 53.7 Å². The molecule has 1 aromatic rings. The number of carbonyl (C=O) groups excluding carboxylic acids is 2. The molecule has 3 heterocycles. The highest BCUT2D eigenvalue weighted by atomic mass is 32.1. The average Bonchev–Trinajstić information content (AvgIpc) is 2.92. The third kappa shape index (κ3) is 2.87. The Morgan fingerprint density at radius 2 is 1.92 bits per heavy atom. The van der Waals surface area contributed by atoms with Gasteiger partial charge in [0.15, 0.2) is 0 Å². The standard InChI is InChI=1S/C18H23N3O2S/c22-16-4-3-15(17(23)20-16)21-10-13-9-12(1-2-14(13)18(21)24)11-5-7-19-8-6-11/h1-2,9,11,15,18-19,24H,3-8,10H2,(H,20,22,23). The molecule has 128 valence electrons. The van der Waals surface area contributed by atoms with E-state index in [0.29, 0.717) is 18.8 Å². The van der Waals surface area contributed by atoms with E-state index in [1.807, 2.05) is 0 Å². The first-order valence-electron chi connectivity index (χ1n) is 8.74. The lowest BCUT2D eigenvalue weighted by Crippen LogP contribution is -2.51. The fourth-order valence-electron chi connectivity index (χ4n) is 4.16. The Morgan fingerprint density at radius 3 is 2.67 bits per heavy atom. The molecule has 6 heteroatoms. The second kappa shape index (κ2) is 6.50. The maximum absolute atomic E-state index is 12.2. The predicted molar refractivity (Wildman–Crippen MR) is 94.7 cm³/mol. The van der Waals surface area contributed by atoms with Gasteiger partial charge in [-0.05, 0) is 55.0 Å². The zero-order chi connectivity index (χ0) is 16.7. The van der Waals surface area contributed by atoms with E-state index >= 15 is 0 Å². The van der Waals surface area contributed by atoms with Crippen molar-refractivity contribution in [1.29, 1.82) is 0 Å². The third-order valence-electron chi connectivity index (χ3n) is 5.53. The second-order valence-electron chi connectivity index (χ2n) is 7.00. The lowest BCUT2D eigenvalue weighted by atomic mass is 9.88. The van der Waals surface area contributed by atoms with Gasteiger partial charge in [0.1, 0.15) is 0 Å². The molecule has 24 heavy (non-hydrogen) atoms. The third-order valence-corrected chi connectivity index (χ3v) is 6.11. The lowest BCUT2D eigenvalue weighted by molar-refractivity contribution is -0.137. The van der Waals surface area contributed by atoms with Crippen LogP contribution in [0.4, 0.5) is 0 Å². The van der Waals surface area contributed by atoms with Crippen molar-refractivity contribution in [1.82, 2.24) is 15.5 Å². The van der Waals surface area contributed by atoms with Crippen molar-refractivity contribution in [2.75, 3.05) is 13.1 Å². The summed E-state index contributed by atoms with van der Waals surface area (Å²) < 4.78 is 0. The summed E-state index contributed by atoms with van der Waals surface area (Å²) in [6.07, 6.45) is 3.35. The number of nitrogens with zero attached hydrogens (tertiary/aromatic N) is 1. The van der Waals surface area contributed by atoms with Gasteiger partial charge in [-0.15, -0.1) is 0 Å². The zero-order valence-electron chi connectivity index (χ0n) is 13.6. The minimum absolute atomic E-state index is 0.0778. The van der Waals surface area contributed by atoms with Gasteiger partial charge in [0, 0.05) is 13.0 Å². The van der Waals surface area contributed by atoms with Gasteiger partial charge in [0.05, 0.1) is 11.4 Å². The summed E-state index contributed by atoms with van der Waals surface area (Å²) >= 11 is 4.75. The molecule has 2 fully saturated rings. The van der Waals surface area contributed by atoms with Crippen molar-refractivity contribution in [2.24, 2.45) is 0 Å². The molecule has 1 aromatic carbocycles. The van der Waals surface area contributed by atoms with E-state index in [1.54, 1.807) is 0 Å². The summed E-state index contributed by atoms with van der Waals surface area (Å²) in [6, 6.07) is 6.45. The SMILES string of the molecule is O=C1CCC(N2Cc3cc(C4CCNCC4)ccc3C2S)C(=O)N1. The van der Waals surface area contributed by atoms with Crippen LogP contribution in [0.2, 0.25) is 0 Å². The summed E-state index contributed by atoms with van der Waals surface area (Å²) in [7, 11) is 0. The van der Waals surface area contributed by atoms with Crippen LogP contribution in [0.25, 0.3) is 0 Å². The molecule has 0 radical (unpaired) electrons. The molecule has 0 bridgehead atoms. The number of hydrogen-bond donors (Lipinski definition) is 3. The molecule has 0 saturated carbocycles. The smallest absolute Gasteiger partial charge is 0.243 e. The Labute approximate surface area is 147 Å². The van der Waals surface area contributed by atoms with Crippen molar-refractivity contribution in [3.05, 3.63) is 34.9 Å². The molecule has 0 spiro atoms. The van der Waals surface area contributed by atoms with Crippen molar-refractivity contribution < 1.29 is 9.59 Å². The van der Waals surface area contributed by atoms with E-state index < -0.39 is 0 Å². The molecule has 3 aliphatic heterocycles. The second-order valence-corrected chi connectivity index (χ2v) is 7.48. The first-order valence-corrected chi connectivity index (χ1v) is 9.26. The number of imide groups is 1. The van der Waals surface area contributed by atoms with Crippen LogP contribution in [0.15, 0.2) is 18.2 Å². The average molecular weight is 345 g/mol. The van der Waals surface area contributed by atoms with Gasteiger partial charge in [0.2, 0.25) is 11.8 Å². The molecule has 2 unspecified atom stereocenters. The van der Waals surface area contributed by atoms with E-state index in [-0.39, 0.29) is 23.2 Å². The maximum atomic E-state index is 12.2. The van der Waals surface area contributed by atoms with Crippen LogP contribution in [0.5, 0.6) is 0 Å². The highest BCUT2D eigenvalue weighted by molar-refractivity contribution is 7.80. The zero-order valence-corrected chi connectivity index (χ0v) is 14.5. The van der Waals surface area contributed by atoms with Gasteiger partial charge in [-0.1, -0.05) is 18.2 Å². The Bertz CT molecular complexity index is 672. The molecule has 0 aromatic heterocycles. The molecule has 3 aliphatic rings. The minimum Gasteiger partial charge on any atom is -0.317 e. The number of carbonyl (C=O) groups is 2. The number of hydrogen-bond acceptors (Lipinski definition) is 5. The van der Waals surface area contributed by atoms with E-state index in [1.165, 1.54) is 29.5 Å². The van der Waals surface area contributed by atoms with Crippen molar-refractivity contribution in [3.63, 3.8) is 0 Å². The minimum atomic E-state index is -0.264. The summed E-state index contributed by atoms with van der Waals surface area (Å²) in [5.41, 5.74) is 3.87. The van der Waals surface area contributed by atoms with Gasteiger partial charge >= 0.3 is 0 Å². The molecule has 2 atom stereocenters. The van der Waals surface area contributed by atoms with Crippen LogP contribution in [-0.2, 0) is 16.1 Å². The monoisotopic (exact) mass is 345 g/mol. The Hall–Kier alpha value is -1.37. The number of fused-ring (bicyclic) bond motifs is 1. The molecular formula is C18H23N3O2S. The van der Waals surface area contributed by atoms with Crippen LogP contribution < -0.4 is 10.6 Å². The van der Waals surface area contributed by atoms with E-state index in [2.05, 4.69) is 33.7 Å². The number of rotatable bonds is 2.